The third-order valence-corrected chi connectivity index (χ3v) is 1.99. The van der Waals surface area contributed by atoms with E-state index in [0.29, 0.717) is 0 Å². The number of furan rings is 1. The lowest BCUT2D eigenvalue weighted by molar-refractivity contribution is 0.0563. The van der Waals surface area contributed by atoms with Gasteiger partial charge in [0.05, 0.1) is 7.11 Å². The number of ether oxygens (including phenoxy) is 1. The van der Waals surface area contributed by atoms with E-state index >= 15 is 0 Å². The molecule has 0 radical (unpaired) electrons. The van der Waals surface area contributed by atoms with Crippen LogP contribution in [-0.4, -0.2) is 21.5 Å². The van der Waals surface area contributed by atoms with E-state index in [1.165, 1.54) is 12.1 Å². The maximum absolute atomic E-state index is 12.2. The van der Waals surface area contributed by atoms with Crippen LogP contribution < -0.4 is 0 Å². The second-order valence-electron chi connectivity index (χ2n) is 2.44. The molecule has 1 aromatic rings. The van der Waals surface area contributed by atoms with Gasteiger partial charge in [0.1, 0.15) is 11.5 Å². The molecule has 1 rings (SSSR count). The Bertz CT molecular complexity index is 433. The summed E-state index contributed by atoms with van der Waals surface area (Å²) in [4.78, 5) is 10.8. The molecule has 1 aromatic heterocycles. The van der Waals surface area contributed by atoms with E-state index in [-0.39, 0.29) is 11.5 Å². The minimum absolute atomic E-state index is 0.145. The van der Waals surface area contributed by atoms with Gasteiger partial charge in [0.15, 0.2) is 0 Å². The Labute approximate surface area is 79.7 Å². The Balaban J connectivity index is 2.84. The van der Waals surface area contributed by atoms with Crippen LogP contribution in [0.25, 0.3) is 0 Å². The van der Waals surface area contributed by atoms with Crippen molar-refractivity contribution in [1.29, 1.82) is 0 Å². The van der Waals surface area contributed by atoms with Gasteiger partial charge in [0.2, 0.25) is 5.76 Å². The maximum Gasteiger partial charge on any atom is 0.373 e. The van der Waals surface area contributed by atoms with Crippen LogP contribution in [0.2, 0.25) is 0 Å². The highest BCUT2D eigenvalue weighted by molar-refractivity contribution is 7.85. The third-order valence-electron chi connectivity index (χ3n) is 1.36. The molecule has 7 heteroatoms. The number of methoxy groups -OCH3 is 1. The fourth-order valence-electron chi connectivity index (χ4n) is 0.836. The van der Waals surface area contributed by atoms with Gasteiger partial charge in [-0.1, -0.05) is 0 Å². The van der Waals surface area contributed by atoms with Crippen LogP contribution in [0.1, 0.15) is 16.3 Å². The molecule has 78 valence electrons. The van der Waals surface area contributed by atoms with Crippen LogP contribution in [0.4, 0.5) is 3.89 Å². The quantitative estimate of drug-likeness (QED) is 0.560. The first kappa shape index (κ1) is 10.7. The van der Waals surface area contributed by atoms with Crippen LogP contribution in [0.3, 0.4) is 0 Å². The van der Waals surface area contributed by atoms with Crippen LogP contribution in [0.15, 0.2) is 16.5 Å². The largest absolute Gasteiger partial charge is 0.463 e. The van der Waals surface area contributed by atoms with Crippen molar-refractivity contribution in [1.82, 2.24) is 0 Å². The summed E-state index contributed by atoms with van der Waals surface area (Å²) in [6, 6.07) is 2.41. The summed E-state index contributed by atoms with van der Waals surface area (Å²) in [7, 11) is -3.49. The number of rotatable bonds is 3. The van der Waals surface area contributed by atoms with Crippen LogP contribution >= 0.6 is 0 Å². The smallest absolute Gasteiger partial charge is 0.373 e. The van der Waals surface area contributed by atoms with Crippen LogP contribution in [0.5, 0.6) is 0 Å². The molecule has 1 heterocycles. The standard InChI is InChI=1S/C7H7FO5S/c1-12-7(9)6-3-2-5(13-6)4-14(8,10)11/h2-3H,4H2,1H3. The number of esters is 1. The molecule has 0 fully saturated rings. The van der Waals surface area contributed by atoms with Crippen LogP contribution in [0, 0.1) is 0 Å². The van der Waals surface area contributed by atoms with Crippen molar-refractivity contribution in [2.75, 3.05) is 7.11 Å². The monoisotopic (exact) mass is 222 g/mol. The summed E-state index contributed by atoms with van der Waals surface area (Å²) in [6.07, 6.45) is 0. The molecule has 0 aliphatic heterocycles. The van der Waals surface area contributed by atoms with Crippen molar-refractivity contribution < 1.29 is 26.3 Å². The molecule has 0 unspecified atom stereocenters. The van der Waals surface area contributed by atoms with Gasteiger partial charge >= 0.3 is 16.2 Å². The lowest BCUT2D eigenvalue weighted by Crippen LogP contribution is -1.99. The number of halogens is 1. The molecule has 0 atom stereocenters. The van der Waals surface area contributed by atoms with E-state index in [2.05, 4.69) is 4.74 Å². The molecule has 0 bridgehead atoms. The summed E-state index contributed by atoms with van der Waals surface area (Å²) < 4.78 is 41.6. The second-order valence-corrected chi connectivity index (χ2v) is 3.81. The molecule has 5 nitrogen and oxygen atoms in total. The molecular weight excluding hydrogens is 215 g/mol. The highest BCUT2D eigenvalue weighted by Gasteiger charge is 2.15. The lowest BCUT2D eigenvalue weighted by Gasteiger charge is -1.93. The Kier molecular flexibility index (Phi) is 2.90. The number of carbonyl (C=O) groups is 1. The van der Waals surface area contributed by atoms with E-state index in [1.807, 2.05) is 0 Å². The second kappa shape index (κ2) is 3.79. The zero-order chi connectivity index (χ0) is 10.8. The fourth-order valence-corrected chi connectivity index (χ4v) is 1.33. The van der Waals surface area contributed by atoms with Gasteiger partial charge in [-0.2, -0.15) is 8.42 Å². The molecule has 14 heavy (non-hydrogen) atoms. The third kappa shape index (κ3) is 2.84. The minimum Gasteiger partial charge on any atom is -0.463 e. The Morgan fingerprint density at radius 3 is 2.71 bits per heavy atom. The van der Waals surface area contributed by atoms with E-state index in [0.717, 1.165) is 7.11 Å². The minimum atomic E-state index is -4.64. The lowest BCUT2D eigenvalue weighted by atomic mass is 10.4. The summed E-state index contributed by atoms with van der Waals surface area (Å²) >= 11 is 0. The molecule has 0 spiro atoms. The van der Waals surface area contributed by atoms with Gasteiger partial charge in [-0.3, -0.25) is 0 Å². The number of carbonyl (C=O) groups excluding carboxylic acids is 1. The average Bonchev–Trinajstić information content (AvgIpc) is 2.48. The molecule has 0 aliphatic carbocycles. The highest BCUT2D eigenvalue weighted by atomic mass is 32.3. The van der Waals surface area contributed by atoms with E-state index < -0.39 is 21.9 Å². The maximum atomic E-state index is 12.2. The Morgan fingerprint density at radius 1 is 1.57 bits per heavy atom. The molecular formula is C7H7FO5S. The van der Waals surface area contributed by atoms with Crippen molar-refractivity contribution in [3.8, 4) is 0 Å². The van der Waals surface area contributed by atoms with Gasteiger partial charge in [0, 0.05) is 0 Å². The van der Waals surface area contributed by atoms with Gasteiger partial charge < -0.3 is 9.15 Å². The van der Waals surface area contributed by atoms with Crippen molar-refractivity contribution in [3.63, 3.8) is 0 Å². The van der Waals surface area contributed by atoms with Gasteiger partial charge in [0.25, 0.3) is 0 Å². The van der Waals surface area contributed by atoms with Gasteiger partial charge in [-0.05, 0) is 12.1 Å². The first-order chi connectivity index (χ1) is 6.42. The zero-order valence-corrected chi connectivity index (χ0v) is 8.01. The first-order valence-electron chi connectivity index (χ1n) is 3.52. The van der Waals surface area contributed by atoms with Crippen LogP contribution in [-0.2, 0) is 20.7 Å². The molecule has 0 saturated heterocycles. The Morgan fingerprint density at radius 2 is 2.21 bits per heavy atom. The SMILES string of the molecule is COC(=O)c1ccc(CS(=O)(=O)F)o1. The topological polar surface area (TPSA) is 73.6 Å². The van der Waals surface area contributed by atoms with Crippen molar-refractivity contribution in [2.24, 2.45) is 0 Å². The molecule has 0 aliphatic rings. The van der Waals surface area contributed by atoms with Crippen molar-refractivity contribution in [2.45, 2.75) is 5.75 Å². The summed E-state index contributed by atoms with van der Waals surface area (Å²) in [5.74, 6) is -1.93. The predicted molar refractivity (Wildman–Crippen MR) is 43.8 cm³/mol. The van der Waals surface area contributed by atoms with E-state index in [4.69, 9.17) is 4.42 Å². The van der Waals surface area contributed by atoms with Gasteiger partial charge in [-0.15, -0.1) is 3.89 Å². The summed E-state index contributed by atoms with van der Waals surface area (Å²) in [6.45, 7) is 0. The van der Waals surface area contributed by atoms with Gasteiger partial charge in [-0.25, -0.2) is 4.79 Å². The molecule has 0 saturated carbocycles. The Hall–Kier alpha value is -1.37. The summed E-state index contributed by atoms with van der Waals surface area (Å²) in [5, 5.41) is 0. The number of hydrogen-bond acceptors (Lipinski definition) is 5. The summed E-state index contributed by atoms with van der Waals surface area (Å²) in [5.41, 5.74) is 0. The highest BCUT2D eigenvalue weighted by Crippen LogP contribution is 2.12. The van der Waals surface area contributed by atoms with Crippen molar-refractivity contribution >= 4 is 16.2 Å². The first-order valence-corrected chi connectivity index (χ1v) is 5.07. The average molecular weight is 222 g/mol. The predicted octanol–water partition coefficient (Wildman–Crippen LogP) is 0.866. The normalized spacial score (nSPS) is 11.3. The molecule has 0 aromatic carbocycles. The molecule has 0 amide bonds. The van der Waals surface area contributed by atoms with E-state index in [1.54, 1.807) is 0 Å². The zero-order valence-electron chi connectivity index (χ0n) is 7.19. The van der Waals surface area contributed by atoms with Crippen molar-refractivity contribution in [3.05, 3.63) is 23.7 Å². The van der Waals surface area contributed by atoms with E-state index in [9.17, 15) is 17.1 Å². The number of hydrogen-bond donors (Lipinski definition) is 0. The fraction of sp³-hybridized carbons (Fsp3) is 0.286. The molecule has 0 N–H and O–H groups in total.